The van der Waals surface area contributed by atoms with Crippen molar-refractivity contribution in [2.45, 2.75) is 32.6 Å². The summed E-state index contributed by atoms with van der Waals surface area (Å²) in [7, 11) is 0. The summed E-state index contributed by atoms with van der Waals surface area (Å²) in [5.41, 5.74) is 8.35. The number of hydrogen-bond donors (Lipinski definition) is 0. The maximum absolute atomic E-state index is 6.58. The largest absolute Gasteiger partial charge is 0.0827 e. The van der Waals surface area contributed by atoms with E-state index >= 15 is 0 Å². The Hall–Kier alpha value is -2.54. The van der Waals surface area contributed by atoms with Gasteiger partial charge in [0, 0.05) is 0 Å². The summed E-state index contributed by atoms with van der Waals surface area (Å²) < 4.78 is 0. The monoisotopic (exact) mass is 444 g/mol. The van der Waals surface area contributed by atoms with Crippen molar-refractivity contribution in [2.24, 2.45) is 0 Å². The molecule has 0 spiro atoms. The highest BCUT2D eigenvalue weighted by Crippen LogP contribution is 2.34. The van der Waals surface area contributed by atoms with Crippen LogP contribution in [-0.4, -0.2) is 0 Å². The van der Waals surface area contributed by atoms with Gasteiger partial charge in [0.25, 0.3) is 0 Å². The SMILES string of the molecule is CC(C)(C)c1ccc(Cc2cc(-c3ccc(-c4ccccc4)cc3)cc(Cl)c2Cl)cc1. The number of benzene rings is 4. The van der Waals surface area contributed by atoms with Crippen LogP contribution in [0.4, 0.5) is 0 Å². The standard InChI is InChI=1S/C29H26Cl2/c1-29(2,3)26-15-9-20(10-16-26)17-25-18-24(19-27(30)28(25)31)23-13-11-22(12-14-23)21-7-5-4-6-8-21/h4-16,18-19H,17H2,1-3H3. The van der Waals surface area contributed by atoms with Crippen LogP contribution in [0.3, 0.4) is 0 Å². The fraction of sp³-hybridized carbons (Fsp3) is 0.172. The van der Waals surface area contributed by atoms with Gasteiger partial charge in [0.2, 0.25) is 0 Å². The van der Waals surface area contributed by atoms with Crippen LogP contribution in [0.2, 0.25) is 10.0 Å². The summed E-state index contributed by atoms with van der Waals surface area (Å²) in [6.45, 7) is 6.68. The molecule has 0 N–H and O–H groups in total. The minimum atomic E-state index is 0.144. The Kier molecular flexibility index (Phi) is 6.23. The van der Waals surface area contributed by atoms with Crippen LogP contribution in [-0.2, 0) is 11.8 Å². The number of rotatable bonds is 4. The lowest BCUT2D eigenvalue weighted by Gasteiger charge is -2.19. The van der Waals surface area contributed by atoms with Crippen LogP contribution < -0.4 is 0 Å². The Balaban J connectivity index is 1.62. The molecule has 0 radical (unpaired) electrons. The molecule has 0 heterocycles. The number of halogens is 2. The molecule has 0 atom stereocenters. The van der Waals surface area contributed by atoms with Crippen molar-refractivity contribution in [3.8, 4) is 22.3 Å². The van der Waals surface area contributed by atoms with Gasteiger partial charge in [0.15, 0.2) is 0 Å². The molecule has 31 heavy (non-hydrogen) atoms. The van der Waals surface area contributed by atoms with Gasteiger partial charge < -0.3 is 0 Å². The highest BCUT2D eigenvalue weighted by atomic mass is 35.5. The molecule has 156 valence electrons. The van der Waals surface area contributed by atoms with Gasteiger partial charge in [-0.3, -0.25) is 0 Å². The van der Waals surface area contributed by atoms with Gasteiger partial charge >= 0.3 is 0 Å². The summed E-state index contributed by atoms with van der Waals surface area (Å²) >= 11 is 13.1. The summed E-state index contributed by atoms with van der Waals surface area (Å²) in [6, 6.07) is 31.9. The van der Waals surface area contributed by atoms with E-state index in [-0.39, 0.29) is 5.41 Å². The molecule has 4 aromatic rings. The van der Waals surface area contributed by atoms with Crippen molar-refractivity contribution in [3.05, 3.63) is 118 Å². The van der Waals surface area contributed by atoms with E-state index in [1.165, 1.54) is 22.3 Å². The second kappa shape index (κ2) is 8.91. The summed E-state index contributed by atoms with van der Waals surface area (Å²) in [4.78, 5) is 0. The molecule has 2 heteroatoms. The molecular weight excluding hydrogens is 419 g/mol. The third-order valence-corrected chi connectivity index (χ3v) is 6.48. The Labute approximate surface area is 195 Å². The fourth-order valence-corrected chi connectivity index (χ4v) is 4.18. The Bertz CT molecular complexity index is 1170. The lowest BCUT2D eigenvalue weighted by Crippen LogP contribution is -2.10. The Morgan fingerprint density at radius 1 is 0.613 bits per heavy atom. The van der Waals surface area contributed by atoms with Crippen molar-refractivity contribution in [1.82, 2.24) is 0 Å². The topological polar surface area (TPSA) is 0 Å². The summed E-state index contributed by atoms with van der Waals surface area (Å²) in [6.07, 6.45) is 0.749. The Morgan fingerprint density at radius 2 is 1.16 bits per heavy atom. The van der Waals surface area contributed by atoms with E-state index in [0.717, 1.165) is 23.1 Å². The van der Waals surface area contributed by atoms with Gasteiger partial charge in [-0.2, -0.15) is 0 Å². The quantitative estimate of drug-likeness (QED) is 0.294. The van der Waals surface area contributed by atoms with Crippen LogP contribution in [0.15, 0.2) is 91.0 Å². The van der Waals surface area contributed by atoms with Crippen LogP contribution in [0.5, 0.6) is 0 Å². The van der Waals surface area contributed by atoms with Gasteiger partial charge in [-0.05, 0) is 62.9 Å². The molecule has 0 fully saturated rings. The summed E-state index contributed by atoms with van der Waals surface area (Å²) in [5, 5.41) is 1.22. The molecular formula is C29H26Cl2. The first-order chi connectivity index (χ1) is 14.8. The van der Waals surface area contributed by atoms with E-state index in [9.17, 15) is 0 Å². The predicted octanol–water partition coefficient (Wildman–Crippen LogP) is 9.22. The van der Waals surface area contributed by atoms with E-state index in [1.54, 1.807) is 0 Å². The van der Waals surface area contributed by atoms with E-state index < -0.39 is 0 Å². The van der Waals surface area contributed by atoms with Crippen LogP contribution in [0.25, 0.3) is 22.3 Å². The molecule has 0 aliphatic heterocycles. The van der Waals surface area contributed by atoms with Gasteiger partial charge in [-0.1, -0.05) is 123 Å². The molecule has 4 aromatic carbocycles. The molecule has 0 saturated heterocycles. The minimum absolute atomic E-state index is 0.144. The number of hydrogen-bond acceptors (Lipinski definition) is 0. The lowest BCUT2D eigenvalue weighted by molar-refractivity contribution is 0.590. The zero-order chi connectivity index (χ0) is 22.0. The highest BCUT2D eigenvalue weighted by Gasteiger charge is 2.14. The molecule has 0 aromatic heterocycles. The van der Waals surface area contributed by atoms with Crippen molar-refractivity contribution >= 4 is 23.2 Å². The zero-order valence-corrected chi connectivity index (χ0v) is 19.6. The third kappa shape index (κ3) is 5.03. The molecule has 0 saturated carbocycles. The maximum atomic E-state index is 6.58. The van der Waals surface area contributed by atoms with Gasteiger partial charge in [0.05, 0.1) is 10.0 Å². The fourth-order valence-electron chi connectivity index (χ4n) is 3.77. The van der Waals surface area contributed by atoms with E-state index in [1.807, 2.05) is 12.1 Å². The minimum Gasteiger partial charge on any atom is -0.0827 e. The Morgan fingerprint density at radius 3 is 1.74 bits per heavy atom. The normalized spacial score (nSPS) is 11.5. The summed E-state index contributed by atoms with van der Waals surface area (Å²) in [5.74, 6) is 0. The van der Waals surface area contributed by atoms with Gasteiger partial charge in [-0.25, -0.2) is 0 Å². The second-order valence-corrected chi connectivity index (χ2v) is 9.78. The highest BCUT2D eigenvalue weighted by molar-refractivity contribution is 6.42. The molecule has 0 aliphatic carbocycles. The molecule has 4 rings (SSSR count). The molecule has 0 bridgehead atoms. The van der Waals surface area contributed by atoms with Gasteiger partial charge in [0.1, 0.15) is 0 Å². The molecule has 0 aliphatic rings. The average Bonchev–Trinajstić information content (AvgIpc) is 2.77. The zero-order valence-electron chi connectivity index (χ0n) is 18.1. The molecule has 0 unspecified atom stereocenters. The molecule has 0 amide bonds. The van der Waals surface area contributed by atoms with Crippen LogP contribution in [0.1, 0.15) is 37.5 Å². The van der Waals surface area contributed by atoms with E-state index in [0.29, 0.717) is 10.0 Å². The third-order valence-electron chi connectivity index (χ3n) is 5.64. The first kappa shape index (κ1) is 21.7. The maximum Gasteiger partial charge on any atom is 0.0628 e. The van der Waals surface area contributed by atoms with Crippen molar-refractivity contribution in [2.75, 3.05) is 0 Å². The van der Waals surface area contributed by atoms with Crippen molar-refractivity contribution in [3.63, 3.8) is 0 Å². The van der Waals surface area contributed by atoms with Crippen LogP contribution in [0, 0.1) is 0 Å². The van der Waals surface area contributed by atoms with E-state index in [4.69, 9.17) is 23.2 Å². The van der Waals surface area contributed by atoms with Crippen molar-refractivity contribution in [1.29, 1.82) is 0 Å². The lowest BCUT2D eigenvalue weighted by atomic mass is 9.86. The van der Waals surface area contributed by atoms with Gasteiger partial charge in [-0.15, -0.1) is 0 Å². The smallest absolute Gasteiger partial charge is 0.0628 e. The second-order valence-electron chi connectivity index (χ2n) is 9.00. The first-order valence-corrected chi connectivity index (χ1v) is 11.3. The predicted molar refractivity (Wildman–Crippen MR) is 135 cm³/mol. The first-order valence-electron chi connectivity index (χ1n) is 10.5. The van der Waals surface area contributed by atoms with Crippen LogP contribution >= 0.6 is 23.2 Å². The van der Waals surface area contributed by atoms with E-state index in [2.05, 4.69) is 99.6 Å². The average molecular weight is 445 g/mol. The van der Waals surface area contributed by atoms with Crippen molar-refractivity contribution < 1.29 is 0 Å². The molecule has 0 nitrogen and oxygen atoms in total.